The van der Waals surface area contributed by atoms with E-state index in [9.17, 15) is 12.8 Å². The van der Waals surface area contributed by atoms with E-state index in [4.69, 9.17) is 9.88 Å². The first-order chi connectivity index (χ1) is 15.3. The fourth-order valence-corrected chi connectivity index (χ4v) is 3.45. The summed E-state index contributed by atoms with van der Waals surface area (Å²) in [5, 5.41) is 8.19. The number of fused-ring (bicyclic) bond motifs is 1. The van der Waals surface area contributed by atoms with Crippen LogP contribution in [-0.4, -0.2) is 35.0 Å². The number of nitrogens with two attached hydrogens (primary N) is 1. The fourth-order valence-electron chi connectivity index (χ4n) is 2.94. The van der Waals surface area contributed by atoms with Gasteiger partial charge in [0.05, 0.1) is 23.4 Å². The van der Waals surface area contributed by atoms with Gasteiger partial charge < -0.3 is 10.1 Å². The van der Waals surface area contributed by atoms with Crippen molar-refractivity contribution in [2.45, 2.75) is 18.4 Å². The Labute approximate surface area is 183 Å². The average Bonchev–Trinajstić information content (AvgIpc) is 2.78. The maximum Gasteiger partial charge on any atom is 0.247 e. The molecule has 0 aliphatic rings. The maximum atomic E-state index is 13.2. The third kappa shape index (κ3) is 4.79. The van der Waals surface area contributed by atoms with Crippen molar-refractivity contribution in [2.75, 3.05) is 11.9 Å². The molecule has 0 atom stereocenters. The van der Waals surface area contributed by atoms with Gasteiger partial charge in [-0.1, -0.05) is 12.1 Å². The lowest BCUT2D eigenvalue weighted by molar-refractivity contribution is 0.330. The minimum atomic E-state index is -3.74. The van der Waals surface area contributed by atoms with Crippen LogP contribution in [0.2, 0.25) is 0 Å². The van der Waals surface area contributed by atoms with Crippen LogP contribution in [0.15, 0.2) is 59.6 Å². The lowest BCUT2D eigenvalue weighted by Gasteiger charge is -2.10. The van der Waals surface area contributed by atoms with E-state index in [2.05, 4.69) is 25.3 Å². The summed E-state index contributed by atoms with van der Waals surface area (Å²) < 4.78 is 41.6. The number of hydrogen-bond acceptors (Lipinski definition) is 8. The second kappa shape index (κ2) is 8.81. The van der Waals surface area contributed by atoms with E-state index in [1.807, 2.05) is 6.92 Å². The molecule has 9 nitrogen and oxygen atoms in total. The molecule has 2 aromatic carbocycles. The number of sulfonamides is 1. The van der Waals surface area contributed by atoms with Crippen LogP contribution in [0, 0.1) is 5.82 Å². The van der Waals surface area contributed by atoms with Gasteiger partial charge in [0.25, 0.3) is 0 Å². The Kier molecular flexibility index (Phi) is 5.93. The smallest absolute Gasteiger partial charge is 0.247 e. The monoisotopic (exact) mass is 454 g/mol. The maximum absolute atomic E-state index is 13.2. The van der Waals surface area contributed by atoms with Gasteiger partial charge in [0, 0.05) is 12.1 Å². The van der Waals surface area contributed by atoms with E-state index in [1.54, 1.807) is 30.5 Å². The second-order valence-electron chi connectivity index (χ2n) is 6.76. The first-order valence-electron chi connectivity index (χ1n) is 9.62. The Bertz CT molecular complexity index is 1360. The van der Waals surface area contributed by atoms with Crippen LogP contribution in [0.4, 0.5) is 10.3 Å². The predicted octanol–water partition coefficient (Wildman–Crippen LogP) is 2.88. The van der Waals surface area contributed by atoms with Crippen molar-refractivity contribution in [3.63, 3.8) is 0 Å². The van der Waals surface area contributed by atoms with Gasteiger partial charge in [0.15, 0.2) is 11.2 Å². The van der Waals surface area contributed by atoms with E-state index in [1.165, 1.54) is 24.3 Å². The number of anilines is 1. The zero-order valence-corrected chi connectivity index (χ0v) is 17.8. The van der Waals surface area contributed by atoms with Crippen LogP contribution in [0.3, 0.4) is 0 Å². The fraction of sp³-hybridized carbons (Fsp3) is 0.143. The summed E-state index contributed by atoms with van der Waals surface area (Å²) in [6.45, 7) is 2.53. The van der Waals surface area contributed by atoms with Crippen LogP contribution >= 0.6 is 0 Å². The van der Waals surface area contributed by atoms with Gasteiger partial charge in [-0.3, -0.25) is 0 Å². The lowest BCUT2D eigenvalue weighted by atomic mass is 10.1. The number of nitrogens with zero attached hydrogens (tertiary/aromatic N) is 4. The number of hydrogen-bond donors (Lipinski definition) is 2. The van der Waals surface area contributed by atoms with E-state index in [0.29, 0.717) is 35.6 Å². The summed E-state index contributed by atoms with van der Waals surface area (Å²) in [6, 6.07) is 12.1. The Balaban J connectivity index is 1.61. The van der Waals surface area contributed by atoms with Crippen molar-refractivity contribution in [1.29, 1.82) is 0 Å². The summed E-state index contributed by atoms with van der Waals surface area (Å²) in [5.41, 5.74) is 2.76. The molecular formula is C21H19FN6O3S. The number of aromatic nitrogens is 4. The number of nitrogens with one attached hydrogen (secondary N) is 1. The highest BCUT2D eigenvalue weighted by Crippen LogP contribution is 2.25. The summed E-state index contributed by atoms with van der Waals surface area (Å²) >= 11 is 0. The van der Waals surface area contributed by atoms with Gasteiger partial charge in [0.2, 0.25) is 21.9 Å². The summed E-state index contributed by atoms with van der Waals surface area (Å²) in [5.74, 6) is 0.206. The third-order valence-electron chi connectivity index (χ3n) is 4.50. The molecule has 32 heavy (non-hydrogen) atoms. The highest BCUT2D eigenvalue weighted by atomic mass is 32.2. The quantitative estimate of drug-likeness (QED) is 0.435. The number of benzene rings is 2. The number of primary sulfonamides is 1. The SMILES string of the molecule is CCOc1nc(NCc2ccc(S(N)(=O)=O)cc2)nc2ncc(-c3ccc(F)cc3)nc12. The Hall–Kier alpha value is -3.70. The van der Waals surface area contributed by atoms with Crippen molar-refractivity contribution in [1.82, 2.24) is 19.9 Å². The van der Waals surface area contributed by atoms with Crippen LogP contribution in [0.25, 0.3) is 22.4 Å². The highest BCUT2D eigenvalue weighted by Gasteiger charge is 2.14. The lowest BCUT2D eigenvalue weighted by Crippen LogP contribution is -2.12. The van der Waals surface area contributed by atoms with E-state index in [0.717, 1.165) is 5.56 Å². The summed E-state index contributed by atoms with van der Waals surface area (Å²) in [6.07, 6.45) is 1.55. The van der Waals surface area contributed by atoms with Crippen molar-refractivity contribution >= 4 is 27.1 Å². The van der Waals surface area contributed by atoms with E-state index >= 15 is 0 Å². The van der Waals surface area contributed by atoms with Crippen molar-refractivity contribution in [3.8, 4) is 17.1 Å². The van der Waals surface area contributed by atoms with Gasteiger partial charge in [-0.25, -0.2) is 27.9 Å². The zero-order chi connectivity index (χ0) is 22.7. The van der Waals surface area contributed by atoms with E-state index in [-0.39, 0.29) is 22.5 Å². The molecule has 0 fully saturated rings. The molecule has 0 saturated heterocycles. The van der Waals surface area contributed by atoms with Gasteiger partial charge in [0.1, 0.15) is 5.82 Å². The molecule has 11 heteroatoms. The van der Waals surface area contributed by atoms with Crippen LogP contribution in [-0.2, 0) is 16.6 Å². The number of rotatable bonds is 7. The van der Waals surface area contributed by atoms with Crippen molar-refractivity contribution in [3.05, 3.63) is 66.1 Å². The summed E-state index contributed by atoms with van der Waals surface area (Å²) in [7, 11) is -3.74. The predicted molar refractivity (Wildman–Crippen MR) is 117 cm³/mol. The Morgan fingerprint density at radius 2 is 1.75 bits per heavy atom. The largest absolute Gasteiger partial charge is 0.476 e. The minimum absolute atomic E-state index is 0.0362. The first-order valence-corrected chi connectivity index (χ1v) is 11.2. The van der Waals surface area contributed by atoms with Crippen LogP contribution in [0.1, 0.15) is 12.5 Å². The molecule has 0 saturated carbocycles. The van der Waals surface area contributed by atoms with Gasteiger partial charge >= 0.3 is 0 Å². The number of ether oxygens (including phenoxy) is 1. The van der Waals surface area contributed by atoms with Crippen molar-refractivity contribution in [2.24, 2.45) is 5.14 Å². The van der Waals surface area contributed by atoms with Gasteiger partial charge in [-0.05, 0) is 48.9 Å². The molecule has 2 heterocycles. The minimum Gasteiger partial charge on any atom is -0.476 e. The highest BCUT2D eigenvalue weighted by molar-refractivity contribution is 7.89. The molecular weight excluding hydrogens is 435 g/mol. The van der Waals surface area contributed by atoms with Gasteiger partial charge in [-0.15, -0.1) is 0 Å². The third-order valence-corrected chi connectivity index (χ3v) is 5.43. The molecule has 164 valence electrons. The zero-order valence-electron chi connectivity index (χ0n) is 17.0. The van der Waals surface area contributed by atoms with Crippen LogP contribution < -0.4 is 15.2 Å². The molecule has 0 unspecified atom stereocenters. The molecule has 4 aromatic rings. The standard InChI is InChI=1S/C21H19FN6O3S/c1-2-31-20-18-19(24-12-17(26-18)14-5-7-15(22)8-6-14)27-21(28-20)25-11-13-3-9-16(10-4-13)32(23,29)30/h3-10,12H,2,11H2,1H3,(H2,23,29,30)(H,24,25,27,28). The molecule has 0 aliphatic heterocycles. The Morgan fingerprint density at radius 3 is 2.41 bits per heavy atom. The number of halogens is 1. The topological polar surface area (TPSA) is 133 Å². The van der Waals surface area contributed by atoms with Crippen molar-refractivity contribution < 1.29 is 17.5 Å². The molecule has 2 aromatic heterocycles. The van der Waals surface area contributed by atoms with Crippen LogP contribution in [0.5, 0.6) is 5.88 Å². The van der Waals surface area contributed by atoms with E-state index < -0.39 is 10.0 Å². The Morgan fingerprint density at radius 1 is 1.03 bits per heavy atom. The second-order valence-corrected chi connectivity index (χ2v) is 8.32. The van der Waals surface area contributed by atoms with Gasteiger partial charge in [-0.2, -0.15) is 9.97 Å². The molecule has 3 N–H and O–H groups in total. The first kappa shape index (κ1) is 21.5. The molecule has 0 radical (unpaired) electrons. The molecule has 4 rings (SSSR count). The molecule has 0 bridgehead atoms. The summed E-state index contributed by atoms with van der Waals surface area (Å²) in [4.78, 5) is 17.7. The molecule has 0 amide bonds. The normalized spacial score (nSPS) is 11.5. The molecule has 0 spiro atoms. The average molecular weight is 454 g/mol. The molecule has 0 aliphatic carbocycles.